The van der Waals surface area contributed by atoms with Crippen LogP contribution >= 0.6 is 27.3 Å². The molecule has 0 aliphatic carbocycles. The monoisotopic (exact) mass is 461 g/mol. The lowest BCUT2D eigenvalue weighted by Crippen LogP contribution is -2.51. The van der Waals surface area contributed by atoms with Gasteiger partial charge in [-0.2, -0.15) is 0 Å². The number of amides is 2. The number of thiophene rings is 1. The number of aromatic nitrogens is 2. The SMILES string of the molecule is O=C(NCc1ccc(Br)s1)N1CCN(Cc2nc3ccccc3c(=O)[nH]2)CC1. The number of aromatic amines is 1. The standard InChI is InChI=1S/C19H20BrN5O2S/c20-16-6-5-13(28-16)11-21-19(27)25-9-7-24(8-10-25)12-17-22-15-4-2-1-3-14(15)18(26)23-17/h1-6H,7-12H2,(H,21,27)(H,22,23,26). The Morgan fingerprint density at radius 3 is 2.71 bits per heavy atom. The number of hydrogen-bond donors (Lipinski definition) is 2. The molecule has 0 bridgehead atoms. The number of nitrogens with one attached hydrogen (secondary N) is 2. The summed E-state index contributed by atoms with van der Waals surface area (Å²) < 4.78 is 1.06. The molecule has 7 nitrogen and oxygen atoms in total. The van der Waals surface area contributed by atoms with Crippen molar-refractivity contribution in [3.8, 4) is 0 Å². The van der Waals surface area contributed by atoms with E-state index in [0.29, 0.717) is 42.9 Å². The number of carbonyl (C=O) groups is 1. The van der Waals surface area contributed by atoms with Crippen LogP contribution in [-0.2, 0) is 13.1 Å². The van der Waals surface area contributed by atoms with Crippen molar-refractivity contribution in [2.75, 3.05) is 26.2 Å². The van der Waals surface area contributed by atoms with E-state index in [2.05, 4.69) is 36.1 Å². The first kappa shape index (κ1) is 19.1. The highest BCUT2D eigenvalue weighted by Crippen LogP contribution is 2.21. The van der Waals surface area contributed by atoms with Crippen LogP contribution in [0.2, 0.25) is 0 Å². The van der Waals surface area contributed by atoms with Crippen LogP contribution in [0.3, 0.4) is 0 Å². The molecule has 0 unspecified atom stereocenters. The Labute approximate surface area is 174 Å². The smallest absolute Gasteiger partial charge is 0.317 e. The van der Waals surface area contributed by atoms with Gasteiger partial charge in [0, 0.05) is 31.1 Å². The molecule has 9 heteroatoms. The van der Waals surface area contributed by atoms with E-state index >= 15 is 0 Å². The molecule has 28 heavy (non-hydrogen) atoms. The van der Waals surface area contributed by atoms with Crippen LogP contribution in [0.4, 0.5) is 4.79 Å². The molecule has 1 aliphatic heterocycles. The van der Waals surface area contributed by atoms with E-state index in [4.69, 9.17) is 0 Å². The summed E-state index contributed by atoms with van der Waals surface area (Å²) in [5.74, 6) is 0.657. The second-order valence-electron chi connectivity index (χ2n) is 6.66. The van der Waals surface area contributed by atoms with Gasteiger partial charge in [-0.25, -0.2) is 9.78 Å². The lowest BCUT2D eigenvalue weighted by atomic mass is 10.2. The Kier molecular flexibility index (Phi) is 5.74. The van der Waals surface area contributed by atoms with Crippen LogP contribution in [0, 0.1) is 0 Å². The fourth-order valence-corrected chi connectivity index (χ4v) is 4.67. The Bertz CT molecular complexity index is 1040. The van der Waals surface area contributed by atoms with E-state index in [-0.39, 0.29) is 11.6 Å². The number of rotatable bonds is 4. The fraction of sp³-hybridized carbons (Fsp3) is 0.316. The first-order chi connectivity index (χ1) is 13.6. The maximum Gasteiger partial charge on any atom is 0.317 e. The van der Waals surface area contributed by atoms with Crippen molar-refractivity contribution >= 4 is 44.2 Å². The highest BCUT2D eigenvalue weighted by atomic mass is 79.9. The van der Waals surface area contributed by atoms with Gasteiger partial charge in [-0.1, -0.05) is 12.1 Å². The number of piperazine rings is 1. The molecule has 1 aromatic carbocycles. The Morgan fingerprint density at radius 2 is 1.96 bits per heavy atom. The van der Waals surface area contributed by atoms with Crippen molar-refractivity contribution in [1.29, 1.82) is 0 Å². The second kappa shape index (κ2) is 8.42. The van der Waals surface area contributed by atoms with Crippen molar-refractivity contribution in [3.05, 3.63) is 61.2 Å². The molecule has 0 atom stereocenters. The van der Waals surface area contributed by atoms with Crippen LogP contribution in [-0.4, -0.2) is 52.0 Å². The molecule has 146 valence electrons. The summed E-state index contributed by atoms with van der Waals surface area (Å²) >= 11 is 5.05. The number of fused-ring (bicyclic) bond motifs is 1. The minimum atomic E-state index is -0.112. The van der Waals surface area contributed by atoms with Gasteiger partial charge >= 0.3 is 6.03 Å². The van der Waals surface area contributed by atoms with E-state index in [9.17, 15) is 9.59 Å². The molecular formula is C19H20BrN5O2S. The molecule has 2 N–H and O–H groups in total. The summed E-state index contributed by atoms with van der Waals surface area (Å²) in [6.45, 7) is 3.90. The van der Waals surface area contributed by atoms with E-state index in [1.54, 1.807) is 17.4 Å². The summed E-state index contributed by atoms with van der Waals surface area (Å²) in [6, 6.07) is 11.3. The Morgan fingerprint density at radius 1 is 1.18 bits per heavy atom. The maximum atomic E-state index is 12.4. The third kappa shape index (κ3) is 4.43. The van der Waals surface area contributed by atoms with Crippen molar-refractivity contribution < 1.29 is 4.79 Å². The third-order valence-electron chi connectivity index (χ3n) is 4.74. The molecule has 2 aromatic heterocycles. The third-order valence-corrected chi connectivity index (χ3v) is 6.36. The van der Waals surface area contributed by atoms with E-state index in [1.807, 2.05) is 35.2 Å². The zero-order valence-corrected chi connectivity index (χ0v) is 17.6. The normalized spacial score (nSPS) is 15.1. The number of H-pyrrole nitrogens is 1. The lowest BCUT2D eigenvalue weighted by molar-refractivity contribution is 0.133. The number of para-hydroxylation sites is 1. The largest absolute Gasteiger partial charge is 0.333 e. The zero-order valence-electron chi connectivity index (χ0n) is 15.2. The van der Waals surface area contributed by atoms with E-state index in [1.165, 1.54) is 0 Å². The summed E-state index contributed by atoms with van der Waals surface area (Å²) in [7, 11) is 0. The average molecular weight is 462 g/mol. The first-order valence-electron chi connectivity index (χ1n) is 9.06. The number of carbonyl (C=O) groups excluding carboxylic acids is 1. The second-order valence-corrected chi connectivity index (χ2v) is 9.21. The number of hydrogen-bond acceptors (Lipinski definition) is 5. The average Bonchev–Trinajstić information content (AvgIpc) is 3.12. The fourth-order valence-electron chi connectivity index (χ4n) is 3.25. The number of urea groups is 1. The van der Waals surface area contributed by atoms with Crippen molar-refractivity contribution in [2.45, 2.75) is 13.1 Å². The molecule has 3 heterocycles. The predicted octanol–water partition coefficient (Wildman–Crippen LogP) is 2.77. The van der Waals surface area contributed by atoms with Crippen molar-refractivity contribution in [1.82, 2.24) is 25.1 Å². The van der Waals surface area contributed by atoms with Gasteiger partial charge in [-0.3, -0.25) is 9.69 Å². The quantitative estimate of drug-likeness (QED) is 0.625. The van der Waals surface area contributed by atoms with Crippen LogP contribution in [0.25, 0.3) is 10.9 Å². The highest BCUT2D eigenvalue weighted by Gasteiger charge is 2.21. The molecule has 3 aromatic rings. The summed E-state index contributed by atoms with van der Waals surface area (Å²) in [5, 5.41) is 3.57. The predicted molar refractivity (Wildman–Crippen MR) is 113 cm³/mol. The minimum Gasteiger partial charge on any atom is -0.333 e. The lowest BCUT2D eigenvalue weighted by Gasteiger charge is -2.34. The number of halogens is 1. The molecule has 1 aliphatic rings. The van der Waals surface area contributed by atoms with Crippen LogP contribution in [0.5, 0.6) is 0 Å². The van der Waals surface area contributed by atoms with Gasteiger partial charge in [0.1, 0.15) is 5.82 Å². The molecule has 2 amide bonds. The molecule has 0 radical (unpaired) electrons. The van der Waals surface area contributed by atoms with Gasteiger partial charge in [-0.05, 0) is 40.2 Å². The van der Waals surface area contributed by atoms with Crippen molar-refractivity contribution in [2.24, 2.45) is 0 Å². The van der Waals surface area contributed by atoms with E-state index in [0.717, 1.165) is 21.8 Å². The number of benzene rings is 1. The molecule has 1 saturated heterocycles. The summed E-state index contributed by atoms with van der Waals surface area (Å²) in [5.41, 5.74) is 0.596. The molecule has 4 rings (SSSR count). The van der Waals surface area contributed by atoms with Gasteiger partial charge in [0.2, 0.25) is 0 Å². The first-order valence-corrected chi connectivity index (χ1v) is 10.7. The van der Waals surface area contributed by atoms with Gasteiger partial charge in [-0.15, -0.1) is 11.3 Å². The molecule has 0 spiro atoms. The van der Waals surface area contributed by atoms with Gasteiger partial charge in [0.25, 0.3) is 5.56 Å². The summed E-state index contributed by atoms with van der Waals surface area (Å²) in [6.07, 6.45) is 0. The van der Waals surface area contributed by atoms with Gasteiger partial charge in [0.05, 0.1) is 27.8 Å². The number of nitrogens with zero attached hydrogens (tertiary/aromatic N) is 3. The zero-order chi connectivity index (χ0) is 19.5. The Hall–Kier alpha value is -2.23. The molecule has 1 fully saturated rings. The Balaban J connectivity index is 1.30. The van der Waals surface area contributed by atoms with Gasteiger partial charge < -0.3 is 15.2 Å². The highest BCUT2D eigenvalue weighted by molar-refractivity contribution is 9.11. The van der Waals surface area contributed by atoms with Crippen LogP contribution < -0.4 is 10.9 Å². The van der Waals surface area contributed by atoms with E-state index < -0.39 is 0 Å². The van der Waals surface area contributed by atoms with Crippen LogP contribution in [0.1, 0.15) is 10.7 Å². The minimum absolute atomic E-state index is 0.0404. The topological polar surface area (TPSA) is 81.3 Å². The molecule has 0 saturated carbocycles. The van der Waals surface area contributed by atoms with Gasteiger partial charge in [0.15, 0.2) is 0 Å². The van der Waals surface area contributed by atoms with Crippen molar-refractivity contribution in [3.63, 3.8) is 0 Å². The summed E-state index contributed by atoms with van der Waals surface area (Å²) in [4.78, 5) is 37.1. The maximum absolute atomic E-state index is 12.4. The van der Waals surface area contributed by atoms with Crippen LogP contribution in [0.15, 0.2) is 45.0 Å². The molecular weight excluding hydrogens is 442 g/mol.